The predicted octanol–water partition coefficient (Wildman–Crippen LogP) is 3.42. The van der Waals surface area contributed by atoms with Crippen molar-refractivity contribution >= 4 is 47.4 Å². The molecule has 27 heavy (non-hydrogen) atoms. The molecule has 2 bridgehead atoms. The molecule has 3 aliphatic rings. The van der Waals surface area contributed by atoms with Gasteiger partial charge >= 0.3 is 0 Å². The van der Waals surface area contributed by atoms with E-state index in [2.05, 4.69) is 10.6 Å². The van der Waals surface area contributed by atoms with Gasteiger partial charge in [0.15, 0.2) is 0 Å². The minimum absolute atomic E-state index is 0. The number of hydrogen-bond acceptors (Lipinski definition) is 3. The number of likely N-dealkylation sites (tertiary alicyclic amines) is 1. The summed E-state index contributed by atoms with van der Waals surface area (Å²) in [5.41, 5.74) is 0.433. The van der Waals surface area contributed by atoms with Gasteiger partial charge in [-0.2, -0.15) is 0 Å². The second-order valence-electron chi connectivity index (χ2n) is 7.63. The topological polar surface area (TPSA) is 61.4 Å². The average molecular weight is 433 g/mol. The van der Waals surface area contributed by atoms with Crippen molar-refractivity contribution in [3.05, 3.63) is 33.8 Å². The van der Waals surface area contributed by atoms with Crippen LogP contribution in [0.25, 0.3) is 0 Å². The Morgan fingerprint density at radius 1 is 1.04 bits per heavy atom. The molecule has 148 valence electrons. The number of rotatable bonds is 3. The first-order chi connectivity index (χ1) is 12.5. The van der Waals surface area contributed by atoms with Crippen LogP contribution >= 0.6 is 35.6 Å². The molecule has 3 aliphatic heterocycles. The van der Waals surface area contributed by atoms with Gasteiger partial charge in [0.2, 0.25) is 5.91 Å². The zero-order valence-electron chi connectivity index (χ0n) is 14.9. The van der Waals surface area contributed by atoms with E-state index in [4.69, 9.17) is 23.2 Å². The predicted molar refractivity (Wildman–Crippen MR) is 109 cm³/mol. The van der Waals surface area contributed by atoms with Crippen LogP contribution in [0.15, 0.2) is 18.2 Å². The Hall–Kier alpha value is -1.01. The van der Waals surface area contributed by atoms with Crippen LogP contribution in [-0.4, -0.2) is 47.4 Å². The molecule has 3 heterocycles. The molecule has 0 radical (unpaired) electrons. The summed E-state index contributed by atoms with van der Waals surface area (Å²) < 4.78 is 0. The lowest BCUT2D eigenvalue weighted by Crippen LogP contribution is -2.53. The number of carbonyl (C=O) groups excluding carboxylic acids is 2. The largest absolute Gasteiger partial charge is 0.351 e. The molecule has 0 spiro atoms. The molecule has 1 aromatic carbocycles. The average Bonchev–Trinajstić information content (AvgIpc) is 3.20. The Balaban J connectivity index is 0.00000210. The molecule has 3 atom stereocenters. The first-order valence-corrected chi connectivity index (χ1v) is 10.1. The molecule has 0 saturated carbocycles. The van der Waals surface area contributed by atoms with E-state index in [1.807, 2.05) is 0 Å². The number of amides is 2. The lowest BCUT2D eigenvalue weighted by molar-refractivity contribution is -0.125. The highest BCUT2D eigenvalue weighted by atomic mass is 35.5. The normalized spacial score (nSPS) is 29.3. The van der Waals surface area contributed by atoms with Crippen LogP contribution in [0.4, 0.5) is 0 Å². The fraction of sp³-hybridized carbons (Fsp3) is 0.579. The minimum atomic E-state index is -0.409. The van der Waals surface area contributed by atoms with E-state index in [9.17, 15) is 9.59 Å². The Morgan fingerprint density at radius 2 is 1.67 bits per heavy atom. The summed E-state index contributed by atoms with van der Waals surface area (Å²) in [6, 6.07) is 5.65. The van der Waals surface area contributed by atoms with Gasteiger partial charge in [0, 0.05) is 40.3 Å². The molecule has 8 heteroatoms. The Labute approximate surface area is 175 Å². The van der Waals surface area contributed by atoms with E-state index < -0.39 is 6.04 Å². The third kappa shape index (κ3) is 4.53. The summed E-state index contributed by atoms with van der Waals surface area (Å²) >= 11 is 12.0. The number of carbonyl (C=O) groups is 2. The van der Waals surface area contributed by atoms with E-state index in [0.29, 0.717) is 40.7 Å². The maximum atomic E-state index is 12.9. The van der Waals surface area contributed by atoms with Gasteiger partial charge in [-0.3, -0.25) is 9.59 Å². The van der Waals surface area contributed by atoms with E-state index in [1.165, 1.54) is 12.8 Å². The molecule has 3 fully saturated rings. The van der Waals surface area contributed by atoms with Crippen LogP contribution in [0.1, 0.15) is 48.9 Å². The van der Waals surface area contributed by atoms with Crippen molar-refractivity contribution in [1.82, 2.24) is 15.5 Å². The standard InChI is InChI=1S/C19H23Cl2N3O2.ClH/c20-12-6-11(7-13(21)8-12)19(26)24-5-1-2-17(24)18(25)23-16-9-14-3-4-15(10-16)22-14;/h6-8,14-17,22H,1-5,9-10H2,(H,23,25);1H. The smallest absolute Gasteiger partial charge is 0.254 e. The van der Waals surface area contributed by atoms with Crippen LogP contribution < -0.4 is 10.6 Å². The van der Waals surface area contributed by atoms with Crippen molar-refractivity contribution in [3.8, 4) is 0 Å². The fourth-order valence-corrected chi connectivity index (χ4v) is 5.12. The minimum Gasteiger partial charge on any atom is -0.351 e. The van der Waals surface area contributed by atoms with E-state index in [-0.39, 0.29) is 30.3 Å². The summed E-state index contributed by atoms with van der Waals surface area (Å²) in [7, 11) is 0. The molecule has 0 aliphatic carbocycles. The van der Waals surface area contributed by atoms with Gasteiger partial charge in [-0.15, -0.1) is 12.4 Å². The van der Waals surface area contributed by atoms with Gasteiger partial charge in [-0.1, -0.05) is 23.2 Å². The van der Waals surface area contributed by atoms with Crippen molar-refractivity contribution in [2.24, 2.45) is 0 Å². The van der Waals surface area contributed by atoms with E-state index in [0.717, 1.165) is 19.3 Å². The number of piperidine rings is 1. The molecule has 4 rings (SSSR count). The van der Waals surface area contributed by atoms with Gasteiger partial charge < -0.3 is 15.5 Å². The molecule has 0 aromatic heterocycles. The van der Waals surface area contributed by atoms with Crippen molar-refractivity contribution in [1.29, 1.82) is 0 Å². The van der Waals surface area contributed by atoms with Crippen molar-refractivity contribution < 1.29 is 9.59 Å². The molecular weight excluding hydrogens is 409 g/mol. The van der Waals surface area contributed by atoms with Gasteiger partial charge in [-0.05, 0) is 56.7 Å². The molecular formula is C19H24Cl3N3O2. The number of nitrogens with zero attached hydrogens (tertiary/aromatic N) is 1. The van der Waals surface area contributed by atoms with Crippen molar-refractivity contribution in [2.75, 3.05) is 6.54 Å². The Kier molecular flexibility index (Phi) is 6.57. The maximum Gasteiger partial charge on any atom is 0.254 e. The molecule has 5 nitrogen and oxygen atoms in total. The van der Waals surface area contributed by atoms with Gasteiger partial charge in [0.05, 0.1) is 0 Å². The molecule has 1 aromatic rings. The summed E-state index contributed by atoms with van der Waals surface area (Å²) in [6.07, 6.45) is 5.88. The van der Waals surface area contributed by atoms with E-state index >= 15 is 0 Å². The highest BCUT2D eigenvalue weighted by Crippen LogP contribution is 2.28. The lowest BCUT2D eigenvalue weighted by atomic mass is 9.99. The Morgan fingerprint density at radius 3 is 2.30 bits per heavy atom. The Bertz CT molecular complexity index is 698. The van der Waals surface area contributed by atoms with Crippen LogP contribution in [0.5, 0.6) is 0 Å². The van der Waals surface area contributed by atoms with Crippen molar-refractivity contribution in [2.45, 2.75) is 62.7 Å². The molecule has 2 N–H and O–H groups in total. The van der Waals surface area contributed by atoms with Crippen LogP contribution in [0, 0.1) is 0 Å². The summed E-state index contributed by atoms with van der Waals surface area (Å²) in [5, 5.41) is 7.62. The maximum absolute atomic E-state index is 12.9. The third-order valence-electron chi connectivity index (χ3n) is 5.75. The SMILES string of the molecule is Cl.O=C(NC1CC2CCC(C1)N2)C1CCCN1C(=O)c1cc(Cl)cc(Cl)c1. The molecule has 2 amide bonds. The van der Waals surface area contributed by atoms with Crippen LogP contribution in [-0.2, 0) is 4.79 Å². The number of benzene rings is 1. The van der Waals surface area contributed by atoms with E-state index in [1.54, 1.807) is 23.1 Å². The first-order valence-electron chi connectivity index (χ1n) is 9.33. The number of nitrogens with one attached hydrogen (secondary N) is 2. The van der Waals surface area contributed by atoms with Gasteiger partial charge in [0.25, 0.3) is 5.91 Å². The summed E-state index contributed by atoms with van der Waals surface area (Å²) in [5.74, 6) is -0.215. The number of halogens is 3. The van der Waals surface area contributed by atoms with Gasteiger partial charge in [-0.25, -0.2) is 0 Å². The second kappa shape index (κ2) is 8.56. The number of fused-ring (bicyclic) bond motifs is 2. The lowest BCUT2D eigenvalue weighted by Gasteiger charge is -2.32. The summed E-state index contributed by atoms with van der Waals surface area (Å²) in [6.45, 7) is 0.582. The highest BCUT2D eigenvalue weighted by Gasteiger charge is 2.38. The molecule has 3 unspecified atom stereocenters. The van der Waals surface area contributed by atoms with Gasteiger partial charge in [0.1, 0.15) is 6.04 Å². The quantitative estimate of drug-likeness (QED) is 0.769. The zero-order chi connectivity index (χ0) is 18.3. The first kappa shape index (κ1) is 20.7. The fourth-order valence-electron chi connectivity index (χ4n) is 4.60. The second-order valence-corrected chi connectivity index (χ2v) is 8.50. The summed E-state index contributed by atoms with van der Waals surface area (Å²) in [4.78, 5) is 27.4. The highest BCUT2D eigenvalue weighted by molar-refractivity contribution is 6.35. The number of hydrogen-bond donors (Lipinski definition) is 2. The monoisotopic (exact) mass is 431 g/mol. The van der Waals surface area contributed by atoms with Crippen LogP contribution in [0.3, 0.4) is 0 Å². The third-order valence-corrected chi connectivity index (χ3v) is 6.18. The zero-order valence-corrected chi connectivity index (χ0v) is 17.2. The van der Waals surface area contributed by atoms with Crippen LogP contribution in [0.2, 0.25) is 10.0 Å². The van der Waals surface area contributed by atoms with Crippen molar-refractivity contribution in [3.63, 3.8) is 0 Å². The molecule has 3 saturated heterocycles.